The molecule has 0 spiro atoms. The molecule has 0 atom stereocenters. The fourth-order valence-corrected chi connectivity index (χ4v) is 2.00. The molecule has 3 N–H and O–H groups in total. The van der Waals surface area contributed by atoms with Gasteiger partial charge in [-0.2, -0.15) is 0 Å². The zero-order valence-electron chi connectivity index (χ0n) is 9.61. The van der Waals surface area contributed by atoms with Crippen LogP contribution in [-0.4, -0.2) is 17.4 Å². The highest BCUT2D eigenvalue weighted by Crippen LogP contribution is 2.35. The van der Waals surface area contributed by atoms with Gasteiger partial charge in [0.25, 0.3) is 11.6 Å². The minimum atomic E-state index is -0.530. The van der Waals surface area contributed by atoms with E-state index in [1.165, 1.54) is 12.1 Å². The summed E-state index contributed by atoms with van der Waals surface area (Å²) in [6, 6.07) is 2.78. The number of nitrogens with one attached hydrogen (secondary N) is 1. The quantitative estimate of drug-likeness (QED) is 0.434. The average molecular weight is 235 g/mol. The Morgan fingerprint density at radius 3 is 2.71 bits per heavy atom. The van der Waals surface area contributed by atoms with Crippen LogP contribution in [0.5, 0.6) is 0 Å². The summed E-state index contributed by atoms with van der Waals surface area (Å²) < 4.78 is 0. The summed E-state index contributed by atoms with van der Waals surface area (Å²) in [5.74, 6) is -0.235. The molecule has 0 fully saturated rings. The molecule has 1 aliphatic heterocycles. The Morgan fingerprint density at radius 2 is 2.12 bits per heavy atom. The summed E-state index contributed by atoms with van der Waals surface area (Å²) in [6.45, 7) is 4.30. The second-order valence-electron chi connectivity index (χ2n) is 4.78. The zero-order valence-corrected chi connectivity index (χ0v) is 9.61. The molecular formula is C11H13N3O3. The van der Waals surface area contributed by atoms with E-state index in [1.54, 1.807) is 0 Å². The van der Waals surface area contributed by atoms with E-state index in [0.29, 0.717) is 17.7 Å². The Morgan fingerprint density at radius 1 is 1.47 bits per heavy atom. The lowest BCUT2D eigenvalue weighted by Crippen LogP contribution is -2.43. The maximum absolute atomic E-state index is 11.7. The SMILES string of the molecule is CC1(C)CNC(=O)c2cc(N)c([N+](=O)[O-])cc21. The molecule has 6 heteroatoms. The maximum atomic E-state index is 11.7. The summed E-state index contributed by atoms with van der Waals surface area (Å²) in [6.07, 6.45) is 0. The van der Waals surface area contributed by atoms with Crippen molar-refractivity contribution in [3.8, 4) is 0 Å². The first kappa shape index (κ1) is 11.4. The van der Waals surface area contributed by atoms with Crippen LogP contribution in [0, 0.1) is 10.1 Å². The first-order chi connectivity index (χ1) is 7.83. The Balaban J connectivity index is 2.70. The van der Waals surface area contributed by atoms with Gasteiger partial charge >= 0.3 is 0 Å². The highest BCUT2D eigenvalue weighted by Gasteiger charge is 2.34. The second kappa shape index (κ2) is 3.44. The van der Waals surface area contributed by atoms with E-state index in [1.807, 2.05) is 13.8 Å². The summed E-state index contributed by atoms with van der Waals surface area (Å²) >= 11 is 0. The predicted octanol–water partition coefficient (Wildman–Crippen LogP) is 1.20. The molecule has 1 amide bonds. The van der Waals surface area contributed by atoms with E-state index in [4.69, 9.17) is 5.73 Å². The summed E-state index contributed by atoms with van der Waals surface area (Å²) in [5.41, 5.74) is 6.20. The monoisotopic (exact) mass is 235 g/mol. The first-order valence-corrected chi connectivity index (χ1v) is 5.19. The number of anilines is 1. The van der Waals surface area contributed by atoms with Crippen LogP contribution < -0.4 is 11.1 Å². The standard InChI is InChI=1S/C11H13N3O3/c1-11(2)5-13-10(15)6-3-8(12)9(14(16)17)4-7(6)11/h3-4H,5,12H2,1-2H3,(H,13,15). The van der Waals surface area contributed by atoms with Gasteiger partial charge in [-0.25, -0.2) is 0 Å². The minimum absolute atomic E-state index is 0.0154. The van der Waals surface area contributed by atoms with Crippen LogP contribution in [0.3, 0.4) is 0 Å². The molecule has 6 nitrogen and oxygen atoms in total. The molecule has 0 unspecified atom stereocenters. The summed E-state index contributed by atoms with van der Waals surface area (Å²) in [4.78, 5) is 22.0. The molecule has 17 heavy (non-hydrogen) atoms. The number of hydrogen-bond donors (Lipinski definition) is 2. The van der Waals surface area contributed by atoms with Gasteiger partial charge < -0.3 is 11.1 Å². The largest absolute Gasteiger partial charge is 0.393 e. The number of nitrogens with two attached hydrogens (primary N) is 1. The van der Waals surface area contributed by atoms with Gasteiger partial charge in [-0.05, 0) is 11.6 Å². The Bertz CT molecular complexity index is 523. The molecule has 0 aromatic heterocycles. The molecule has 1 aromatic rings. The summed E-state index contributed by atoms with van der Waals surface area (Å²) in [7, 11) is 0. The van der Waals surface area contributed by atoms with E-state index >= 15 is 0 Å². The molecule has 90 valence electrons. The van der Waals surface area contributed by atoms with E-state index in [0.717, 1.165) is 0 Å². The molecule has 1 aromatic carbocycles. The molecule has 1 heterocycles. The van der Waals surface area contributed by atoms with Crippen molar-refractivity contribution in [2.75, 3.05) is 12.3 Å². The Kier molecular flexibility index (Phi) is 2.30. The van der Waals surface area contributed by atoms with E-state index in [9.17, 15) is 14.9 Å². The van der Waals surface area contributed by atoms with Crippen molar-refractivity contribution < 1.29 is 9.72 Å². The smallest absolute Gasteiger partial charge is 0.292 e. The van der Waals surface area contributed by atoms with Crippen LogP contribution in [0.25, 0.3) is 0 Å². The molecule has 0 radical (unpaired) electrons. The van der Waals surface area contributed by atoms with Gasteiger partial charge in [-0.1, -0.05) is 13.8 Å². The number of hydrogen-bond acceptors (Lipinski definition) is 4. The van der Waals surface area contributed by atoms with Crippen molar-refractivity contribution in [1.82, 2.24) is 5.32 Å². The van der Waals surface area contributed by atoms with Crippen LogP contribution in [-0.2, 0) is 5.41 Å². The third kappa shape index (κ3) is 1.71. The van der Waals surface area contributed by atoms with Gasteiger partial charge in [-0.3, -0.25) is 14.9 Å². The van der Waals surface area contributed by atoms with Crippen molar-refractivity contribution in [1.29, 1.82) is 0 Å². The number of amides is 1. The third-order valence-electron chi connectivity index (χ3n) is 3.03. The summed E-state index contributed by atoms with van der Waals surface area (Å²) in [5, 5.41) is 13.6. The lowest BCUT2D eigenvalue weighted by molar-refractivity contribution is -0.384. The lowest BCUT2D eigenvalue weighted by Gasteiger charge is -2.32. The second-order valence-corrected chi connectivity index (χ2v) is 4.78. The number of nitrogens with zero attached hydrogens (tertiary/aromatic N) is 1. The van der Waals surface area contributed by atoms with Crippen LogP contribution in [0.2, 0.25) is 0 Å². The van der Waals surface area contributed by atoms with Crippen LogP contribution >= 0.6 is 0 Å². The van der Waals surface area contributed by atoms with Gasteiger partial charge in [-0.15, -0.1) is 0 Å². The minimum Gasteiger partial charge on any atom is -0.393 e. The van der Waals surface area contributed by atoms with Gasteiger partial charge in [0, 0.05) is 23.6 Å². The van der Waals surface area contributed by atoms with Crippen LogP contribution in [0.15, 0.2) is 12.1 Å². The van der Waals surface area contributed by atoms with Crippen molar-refractivity contribution in [3.63, 3.8) is 0 Å². The Hall–Kier alpha value is -2.11. The highest BCUT2D eigenvalue weighted by molar-refractivity contribution is 5.99. The third-order valence-corrected chi connectivity index (χ3v) is 3.03. The van der Waals surface area contributed by atoms with Crippen molar-refractivity contribution in [2.45, 2.75) is 19.3 Å². The predicted molar refractivity (Wildman–Crippen MR) is 62.9 cm³/mol. The van der Waals surface area contributed by atoms with Crippen molar-refractivity contribution >= 4 is 17.3 Å². The van der Waals surface area contributed by atoms with Gasteiger partial charge in [0.05, 0.1) is 4.92 Å². The number of carbonyl (C=O) groups is 1. The van der Waals surface area contributed by atoms with Crippen LogP contribution in [0.4, 0.5) is 11.4 Å². The maximum Gasteiger partial charge on any atom is 0.292 e. The van der Waals surface area contributed by atoms with E-state index in [-0.39, 0.29) is 22.7 Å². The number of fused-ring (bicyclic) bond motifs is 1. The molecule has 0 saturated heterocycles. The average Bonchev–Trinajstić information content (AvgIpc) is 2.23. The highest BCUT2D eigenvalue weighted by atomic mass is 16.6. The van der Waals surface area contributed by atoms with E-state index in [2.05, 4.69) is 5.32 Å². The molecular weight excluding hydrogens is 222 g/mol. The van der Waals surface area contributed by atoms with Crippen LogP contribution in [0.1, 0.15) is 29.8 Å². The number of rotatable bonds is 1. The first-order valence-electron chi connectivity index (χ1n) is 5.19. The number of nitro benzene ring substituents is 1. The van der Waals surface area contributed by atoms with Crippen molar-refractivity contribution in [2.24, 2.45) is 0 Å². The number of benzene rings is 1. The van der Waals surface area contributed by atoms with E-state index < -0.39 is 4.92 Å². The molecule has 0 saturated carbocycles. The molecule has 0 aliphatic carbocycles. The van der Waals surface area contributed by atoms with Gasteiger partial charge in [0.2, 0.25) is 0 Å². The fourth-order valence-electron chi connectivity index (χ4n) is 2.00. The number of nitro groups is 1. The van der Waals surface area contributed by atoms with Crippen molar-refractivity contribution in [3.05, 3.63) is 33.4 Å². The fraction of sp³-hybridized carbons (Fsp3) is 0.364. The molecule has 2 rings (SSSR count). The lowest BCUT2D eigenvalue weighted by atomic mass is 9.78. The van der Waals surface area contributed by atoms with Gasteiger partial charge in [0.15, 0.2) is 0 Å². The number of carbonyl (C=O) groups excluding carboxylic acids is 1. The van der Waals surface area contributed by atoms with Gasteiger partial charge in [0.1, 0.15) is 5.69 Å². The normalized spacial score (nSPS) is 17.2. The molecule has 0 bridgehead atoms. The topological polar surface area (TPSA) is 98.3 Å². The zero-order chi connectivity index (χ0) is 12.8. The molecule has 1 aliphatic rings. The Labute approximate surface area is 98.0 Å². The number of nitrogen functional groups attached to an aromatic ring is 1.